The van der Waals surface area contributed by atoms with Crippen LogP contribution in [0.25, 0.3) is 0 Å². The summed E-state index contributed by atoms with van der Waals surface area (Å²) in [6.45, 7) is 6.74. The van der Waals surface area contributed by atoms with Crippen molar-refractivity contribution >= 4 is 0 Å². The molecule has 1 fully saturated rings. The molecule has 3 atom stereocenters. The van der Waals surface area contributed by atoms with Gasteiger partial charge < -0.3 is 14.2 Å². The molecule has 3 rings (SSSR count). The van der Waals surface area contributed by atoms with E-state index in [-0.39, 0.29) is 24.9 Å². The van der Waals surface area contributed by atoms with Crippen molar-refractivity contribution in [3.05, 3.63) is 35.4 Å². The standard InChI is InChI=1S/C16H22O5/c1-4-16(2,3)13-11-7-5-6-8-12(11)14-18-9-17-10-19-21-15(13)20-14/h5-8,13-15H,4,9-10H2,1-3H3/t13-,14+,15+/m0/s1. The second-order valence-electron chi connectivity index (χ2n) is 6.11. The van der Waals surface area contributed by atoms with Crippen LogP contribution in [0.2, 0.25) is 0 Å². The van der Waals surface area contributed by atoms with Gasteiger partial charge in [-0.25, -0.2) is 9.78 Å². The van der Waals surface area contributed by atoms with E-state index < -0.39 is 12.6 Å². The average Bonchev–Trinajstić information content (AvgIpc) is 2.59. The average molecular weight is 294 g/mol. The van der Waals surface area contributed by atoms with E-state index in [2.05, 4.69) is 26.8 Å². The van der Waals surface area contributed by atoms with Gasteiger partial charge in [0.1, 0.15) is 0 Å². The number of fused-ring (bicyclic) bond motifs is 4. The normalized spacial score (nSPS) is 30.0. The van der Waals surface area contributed by atoms with E-state index in [1.165, 1.54) is 5.56 Å². The Morgan fingerprint density at radius 3 is 2.67 bits per heavy atom. The highest BCUT2D eigenvalue weighted by Crippen LogP contribution is 2.49. The largest absolute Gasteiger partial charge is 0.326 e. The maximum absolute atomic E-state index is 5.99. The van der Waals surface area contributed by atoms with Crippen LogP contribution in [0.4, 0.5) is 0 Å². The zero-order valence-corrected chi connectivity index (χ0v) is 12.7. The molecule has 1 aromatic carbocycles. The highest BCUT2D eigenvalue weighted by molar-refractivity contribution is 5.35. The first kappa shape index (κ1) is 14.9. The maximum Gasteiger partial charge on any atom is 0.201 e. The van der Waals surface area contributed by atoms with Gasteiger partial charge >= 0.3 is 0 Å². The summed E-state index contributed by atoms with van der Waals surface area (Å²) < 4.78 is 16.8. The zero-order valence-electron chi connectivity index (χ0n) is 12.7. The number of benzene rings is 1. The molecule has 2 aliphatic heterocycles. The first-order chi connectivity index (χ1) is 10.1. The topological polar surface area (TPSA) is 46.2 Å². The molecule has 0 N–H and O–H groups in total. The summed E-state index contributed by atoms with van der Waals surface area (Å²) in [7, 11) is 0. The van der Waals surface area contributed by atoms with E-state index in [0.717, 1.165) is 12.0 Å². The van der Waals surface area contributed by atoms with Crippen molar-refractivity contribution in [2.45, 2.75) is 45.7 Å². The van der Waals surface area contributed by atoms with E-state index in [1.54, 1.807) is 0 Å². The Morgan fingerprint density at radius 1 is 1.14 bits per heavy atom. The predicted octanol–water partition coefficient (Wildman–Crippen LogP) is 3.47. The van der Waals surface area contributed by atoms with E-state index in [4.69, 9.17) is 24.0 Å². The molecule has 0 saturated carbocycles. The Labute approximate surface area is 125 Å². The van der Waals surface area contributed by atoms with Gasteiger partial charge in [-0.05, 0) is 11.0 Å². The monoisotopic (exact) mass is 294 g/mol. The molecule has 5 heteroatoms. The lowest BCUT2D eigenvalue weighted by molar-refractivity contribution is -0.418. The fourth-order valence-electron chi connectivity index (χ4n) is 2.92. The Hall–Kier alpha value is -0.980. The van der Waals surface area contributed by atoms with Crippen LogP contribution < -0.4 is 0 Å². The molecule has 0 aliphatic carbocycles. The lowest BCUT2D eigenvalue weighted by atomic mass is 9.70. The molecule has 1 aromatic rings. The van der Waals surface area contributed by atoms with E-state index in [1.807, 2.05) is 18.2 Å². The van der Waals surface area contributed by atoms with Crippen molar-refractivity contribution in [1.29, 1.82) is 0 Å². The molecule has 0 spiro atoms. The van der Waals surface area contributed by atoms with Crippen molar-refractivity contribution in [2.75, 3.05) is 13.6 Å². The van der Waals surface area contributed by atoms with Crippen LogP contribution >= 0.6 is 0 Å². The van der Waals surface area contributed by atoms with Gasteiger partial charge in [0, 0.05) is 11.5 Å². The summed E-state index contributed by atoms with van der Waals surface area (Å²) in [4.78, 5) is 10.6. The number of ether oxygens (including phenoxy) is 3. The lowest BCUT2D eigenvalue weighted by Crippen LogP contribution is -2.40. The maximum atomic E-state index is 5.99. The minimum Gasteiger partial charge on any atom is -0.326 e. The molecule has 0 unspecified atom stereocenters. The van der Waals surface area contributed by atoms with Crippen molar-refractivity contribution in [2.24, 2.45) is 5.41 Å². The van der Waals surface area contributed by atoms with Gasteiger partial charge in [0.15, 0.2) is 19.9 Å². The summed E-state index contributed by atoms with van der Waals surface area (Å²) in [5.74, 6) is 0.0663. The Balaban J connectivity index is 2.05. The van der Waals surface area contributed by atoms with Crippen LogP contribution in [0.1, 0.15) is 50.5 Å². The van der Waals surface area contributed by atoms with Gasteiger partial charge in [-0.15, -0.1) is 0 Å². The fourth-order valence-corrected chi connectivity index (χ4v) is 2.92. The summed E-state index contributed by atoms with van der Waals surface area (Å²) in [5, 5.41) is 0. The fraction of sp³-hybridized carbons (Fsp3) is 0.625. The van der Waals surface area contributed by atoms with Gasteiger partial charge in [0.25, 0.3) is 0 Å². The zero-order chi connectivity index (χ0) is 14.9. The minimum absolute atomic E-state index is 0.00398. The Bertz CT molecular complexity index is 487. The van der Waals surface area contributed by atoms with Gasteiger partial charge in [0.05, 0.1) is 0 Å². The van der Waals surface area contributed by atoms with Crippen LogP contribution in [0.5, 0.6) is 0 Å². The van der Waals surface area contributed by atoms with Crippen LogP contribution in [-0.2, 0) is 24.0 Å². The molecule has 0 aromatic heterocycles. The van der Waals surface area contributed by atoms with Crippen LogP contribution in [-0.4, -0.2) is 19.9 Å². The first-order valence-electron chi connectivity index (χ1n) is 7.35. The van der Waals surface area contributed by atoms with Crippen molar-refractivity contribution < 1.29 is 24.0 Å². The number of rotatable bonds is 2. The molecule has 1 saturated heterocycles. The molecule has 2 heterocycles. The van der Waals surface area contributed by atoms with Gasteiger partial charge in [0.2, 0.25) is 6.29 Å². The SMILES string of the molecule is CCC(C)(C)[C@H]1c2ccccc2[C@@H]2OCOCOO[C@H]1O2. The Morgan fingerprint density at radius 2 is 1.90 bits per heavy atom. The van der Waals surface area contributed by atoms with E-state index in [0.29, 0.717) is 0 Å². The number of hydrogen-bond donors (Lipinski definition) is 0. The molecular formula is C16H22O5. The summed E-state index contributed by atoms with van der Waals surface area (Å²) in [6, 6.07) is 8.18. The van der Waals surface area contributed by atoms with Crippen molar-refractivity contribution in [1.82, 2.24) is 0 Å². The second-order valence-corrected chi connectivity index (χ2v) is 6.11. The number of hydrogen-bond acceptors (Lipinski definition) is 5. The minimum atomic E-state index is -0.512. The van der Waals surface area contributed by atoms with E-state index in [9.17, 15) is 0 Å². The molecule has 2 bridgehead atoms. The third kappa shape index (κ3) is 2.84. The molecule has 116 valence electrons. The highest BCUT2D eigenvalue weighted by atomic mass is 17.2. The first-order valence-corrected chi connectivity index (χ1v) is 7.35. The highest BCUT2D eigenvalue weighted by Gasteiger charge is 2.45. The van der Waals surface area contributed by atoms with Crippen molar-refractivity contribution in [3.63, 3.8) is 0 Å². The van der Waals surface area contributed by atoms with Crippen LogP contribution in [0.15, 0.2) is 24.3 Å². The molecule has 5 nitrogen and oxygen atoms in total. The van der Waals surface area contributed by atoms with Crippen LogP contribution in [0, 0.1) is 5.41 Å². The van der Waals surface area contributed by atoms with Crippen molar-refractivity contribution in [3.8, 4) is 0 Å². The molecule has 0 radical (unpaired) electrons. The third-order valence-electron chi connectivity index (χ3n) is 4.47. The van der Waals surface area contributed by atoms with Gasteiger partial charge in [-0.1, -0.05) is 51.5 Å². The summed E-state index contributed by atoms with van der Waals surface area (Å²) >= 11 is 0. The third-order valence-corrected chi connectivity index (χ3v) is 4.47. The molecular weight excluding hydrogens is 272 g/mol. The summed E-state index contributed by atoms with van der Waals surface area (Å²) in [5.41, 5.74) is 2.23. The Kier molecular flexibility index (Phi) is 4.28. The van der Waals surface area contributed by atoms with E-state index >= 15 is 0 Å². The molecule has 0 amide bonds. The smallest absolute Gasteiger partial charge is 0.201 e. The molecule has 2 aliphatic rings. The lowest BCUT2D eigenvalue weighted by Gasteiger charge is -2.43. The van der Waals surface area contributed by atoms with Gasteiger partial charge in [-0.3, -0.25) is 0 Å². The molecule has 21 heavy (non-hydrogen) atoms. The quantitative estimate of drug-likeness (QED) is 0.782. The van der Waals surface area contributed by atoms with Gasteiger partial charge in [-0.2, -0.15) is 0 Å². The summed E-state index contributed by atoms with van der Waals surface area (Å²) in [6.07, 6.45) is -0.00426. The second kappa shape index (κ2) is 6.02. The predicted molar refractivity (Wildman–Crippen MR) is 74.9 cm³/mol. The van der Waals surface area contributed by atoms with Crippen LogP contribution in [0.3, 0.4) is 0 Å².